The molecule has 0 aliphatic carbocycles. The molecule has 7 nitrogen and oxygen atoms in total. The Morgan fingerprint density at radius 2 is 2.15 bits per heavy atom. The third kappa shape index (κ3) is 3.09. The first-order valence-electron chi connectivity index (χ1n) is 8.26. The summed E-state index contributed by atoms with van der Waals surface area (Å²) in [6, 6.07) is 10.3. The van der Waals surface area contributed by atoms with E-state index in [2.05, 4.69) is 16.4 Å². The van der Waals surface area contributed by atoms with Gasteiger partial charge >= 0.3 is 0 Å². The summed E-state index contributed by atoms with van der Waals surface area (Å²) in [6.07, 6.45) is 1.61. The number of hydrogen-bond donors (Lipinski definition) is 2. The molecule has 0 bridgehead atoms. The SMILES string of the molecule is CC(=O)N1CC(C)[C@@H](Nc2ncccc2C#N)c2cc(C(N)=O)ccc21. The maximum atomic E-state index is 12.0. The maximum Gasteiger partial charge on any atom is 0.248 e. The summed E-state index contributed by atoms with van der Waals surface area (Å²) in [4.78, 5) is 29.6. The van der Waals surface area contributed by atoms with Crippen LogP contribution in [0.25, 0.3) is 0 Å². The summed E-state index contributed by atoms with van der Waals surface area (Å²) in [7, 11) is 0. The molecule has 0 saturated heterocycles. The number of carbonyl (C=O) groups excluding carboxylic acids is 2. The topological polar surface area (TPSA) is 112 Å². The highest BCUT2D eigenvalue weighted by molar-refractivity contribution is 5.96. The molecule has 1 aromatic carbocycles. The molecule has 7 heteroatoms. The molecular formula is C19H19N5O2. The Morgan fingerprint density at radius 3 is 2.81 bits per heavy atom. The van der Waals surface area contributed by atoms with Gasteiger partial charge in [-0.2, -0.15) is 5.26 Å². The number of benzene rings is 1. The lowest BCUT2D eigenvalue weighted by Crippen LogP contribution is -2.42. The second kappa shape index (κ2) is 6.84. The molecule has 0 radical (unpaired) electrons. The van der Waals surface area contributed by atoms with Gasteiger partial charge in [-0.3, -0.25) is 9.59 Å². The summed E-state index contributed by atoms with van der Waals surface area (Å²) in [5, 5.41) is 12.6. The summed E-state index contributed by atoms with van der Waals surface area (Å²) in [6.45, 7) is 4.03. The molecule has 132 valence electrons. The number of pyridine rings is 1. The van der Waals surface area contributed by atoms with E-state index in [0.717, 1.165) is 11.3 Å². The van der Waals surface area contributed by atoms with Gasteiger partial charge in [0.1, 0.15) is 11.9 Å². The van der Waals surface area contributed by atoms with Crippen LogP contribution in [-0.4, -0.2) is 23.3 Å². The van der Waals surface area contributed by atoms with E-state index < -0.39 is 5.91 Å². The summed E-state index contributed by atoms with van der Waals surface area (Å²) >= 11 is 0. The van der Waals surface area contributed by atoms with Crippen molar-refractivity contribution in [3.05, 3.63) is 53.2 Å². The van der Waals surface area contributed by atoms with E-state index in [1.807, 2.05) is 6.92 Å². The van der Waals surface area contributed by atoms with Gasteiger partial charge in [-0.25, -0.2) is 4.98 Å². The van der Waals surface area contributed by atoms with Gasteiger partial charge in [-0.1, -0.05) is 6.92 Å². The Morgan fingerprint density at radius 1 is 1.38 bits per heavy atom. The fraction of sp³-hybridized carbons (Fsp3) is 0.263. The van der Waals surface area contributed by atoms with Crippen molar-refractivity contribution in [3.8, 4) is 6.07 Å². The van der Waals surface area contributed by atoms with E-state index in [9.17, 15) is 14.9 Å². The Bertz CT molecular complexity index is 918. The van der Waals surface area contributed by atoms with Crippen molar-refractivity contribution in [2.45, 2.75) is 19.9 Å². The van der Waals surface area contributed by atoms with Crippen molar-refractivity contribution >= 4 is 23.3 Å². The zero-order valence-electron chi connectivity index (χ0n) is 14.6. The summed E-state index contributed by atoms with van der Waals surface area (Å²) < 4.78 is 0. The van der Waals surface area contributed by atoms with Crippen LogP contribution >= 0.6 is 0 Å². The monoisotopic (exact) mass is 349 g/mol. The minimum absolute atomic E-state index is 0.0306. The number of amides is 2. The molecule has 2 aromatic rings. The van der Waals surface area contributed by atoms with Gasteiger partial charge < -0.3 is 16.0 Å². The lowest BCUT2D eigenvalue weighted by molar-refractivity contribution is -0.116. The lowest BCUT2D eigenvalue weighted by atomic mass is 9.87. The first-order chi connectivity index (χ1) is 12.4. The van der Waals surface area contributed by atoms with Crippen molar-refractivity contribution in [1.82, 2.24) is 4.98 Å². The van der Waals surface area contributed by atoms with Crippen LogP contribution in [0.1, 0.15) is 41.4 Å². The van der Waals surface area contributed by atoms with Gasteiger partial charge in [-0.05, 0) is 41.8 Å². The average molecular weight is 349 g/mol. The van der Waals surface area contributed by atoms with Crippen LogP contribution in [0.4, 0.5) is 11.5 Å². The fourth-order valence-corrected chi connectivity index (χ4v) is 3.28. The molecule has 2 atom stereocenters. The molecule has 3 rings (SSSR count). The molecule has 2 amide bonds. The number of hydrogen-bond acceptors (Lipinski definition) is 5. The number of nitriles is 1. The quantitative estimate of drug-likeness (QED) is 0.882. The number of primary amides is 1. The first kappa shape index (κ1) is 17.4. The normalized spacial score (nSPS) is 18.6. The largest absolute Gasteiger partial charge is 0.366 e. The molecule has 1 aromatic heterocycles. The predicted molar refractivity (Wildman–Crippen MR) is 97.5 cm³/mol. The van der Waals surface area contributed by atoms with Gasteiger partial charge in [-0.15, -0.1) is 0 Å². The van der Waals surface area contributed by atoms with E-state index >= 15 is 0 Å². The van der Waals surface area contributed by atoms with Crippen molar-refractivity contribution in [3.63, 3.8) is 0 Å². The van der Waals surface area contributed by atoms with Crippen LogP contribution in [0.5, 0.6) is 0 Å². The van der Waals surface area contributed by atoms with E-state index in [-0.39, 0.29) is 17.9 Å². The van der Waals surface area contributed by atoms with Gasteiger partial charge in [0, 0.05) is 30.9 Å². The van der Waals surface area contributed by atoms with Gasteiger partial charge in [0.05, 0.1) is 11.6 Å². The van der Waals surface area contributed by atoms with Crippen LogP contribution in [0.15, 0.2) is 36.5 Å². The number of rotatable bonds is 3. The van der Waals surface area contributed by atoms with Crippen LogP contribution in [0.3, 0.4) is 0 Å². The number of aromatic nitrogens is 1. The smallest absolute Gasteiger partial charge is 0.248 e. The Hall–Kier alpha value is -3.40. The highest BCUT2D eigenvalue weighted by atomic mass is 16.2. The first-order valence-corrected chi connectivity index (χ1v) is 8.26. The predicted octanol–water partition coefficient (Wildman–Crippen LogP) is 2.21. The molecule has 0 saturated carbocycles. The van der Waals surface area contributed by atoms with Crippen LogP contribution < -0.4 is 16.0 Å². The average Bonchev–Trinajstić information content (AvgIpc) is 2.63. The van der Waals surface area contributed by atoms with E-state index in [4.69, 9.17) is 5.73 Å². The highest BCUT2D eigenvalue weighted by Gasteiger charge is 2.33. The minimum atomic E-state index is -0.533. The molecule has 2 heterocycles. The number of carbonyl (C=O) groups is 2. The van der Waals surface area contributed by atoms with Crippen LogP contribution in [0.2, 0.25) is 0 Å². The molecule has 0 fully saturated rings. The number of nitrogens with zero attached hydrogens (tertiary/aromatic N) is 3. The van der Waals surface area contributed by atoms with Gasteiger partial charge in [0.25, 0.3) is 0 Å². The maximum absolute atomic E-state index is 12.0. The zero-order valence-corrected chi connectivity index (χ0v) is 14.6. The minimum Gasteiger partial charge on any atom is -0.366 e. The van der Waals surface area contributed by atoms with Crippen molar-refractivity contribution in [2.24, 2.45) is 11.7 Å². The number of nitrogens with two attached hydrogens (primary N) is 1. The summed E-state index contributed by atoms with van der Waals surface area (Å²) in [5.41, 5.74) is 7.74. The van der Waals surface area contributed by atoms with Crippen molar-refractivity contribution in [2.75, 3.05) is 16.8 Å². The highest BCUT2D eigenvalue weighted by Crippen LogP contribution is 2.39. The molecular weight excluding hydrogens is 330 g/mol. The fourth-order valence-electron chi connectivity index (χ4n) is 3.28. The second-order valence-corrected chi connectivity index (χ2v) is 6.38. The number of anilines is 2. The molecule has 26 heavy (non-hydrogen) atoms. The van der Waals surface area contributed by atoms with Crippen LogP contribution in [0, 0.1) is 17.2 Å². The third-order valence-electron chi connectivity index (χ3n) is 4.58. The molecule has 0 spiro atoms. The second-order valence-electron chi connectivity index (χ2n) is 6.38. The van der Waals surface area contributed by atoms with E-state index in [1.54, 1.807) is 41.4 Å². The van der Waals surface area contributed by atoms with E-state index in [0.29, 0.717) is 23.5 Å². The zero-order chi connectivity index (χ0) is 18.8. The van der Waals surface area contributed by atoms with Crippen molar-refractivity contribution in [1.29, 1.82) is 5.26 Å². The standard InChI is InChI=1S/C19H19N5O2/c1-11-10-24(12(2)25)16-6-5-13(18(21)26)8-15(16)17(11)23-19-14(9-20)4-3-7-22-19/h3-8,11,17H,10H2,1-2H3,(H2,21,26)(H,22,23)/t11?,17-/m1/s1. The lowest BCUT2D eigenvalue weighted by Gasteiger charge is -2.39. The molecule has 1 aliphatic heterocycles. The van der Waals surface area contributed by atoms with E-state index in [1.165, 1.54) is 6.92 Å². The molecule has 3 N–H and O–H groups in total. The van der Waals surface area contributed by atoms with Crippen LogP contribution in [-0.2, 0) is 4.79 Å². The summed E-state index contributed by atoms with van der Waals surface area (Å²) in [5.74, 6) is -0.102. The molecule has 1 unspecified atom stereocenters. The van der Waals surface area contributed by atoms with Gasteiger partial charge in [0.2, 0.25) is 11.8 Å². The third-order valence-corrected chi connectivity index (χ3v) is 4.58. The Balaban J connectivity index is 2.09. The Kier molecular flexibility index (Phi) is 4.59. The molecule has 1 aliphatic rings. The van der Waals surface area contributed by atoms with Gasteiger partial charge in [0.15, 0.2) is 0 Å². The number of nitrogens with one attached hydrogen (secondary N) is 1. The Labute approximate surface area is 151 Å². The van der Waals surface area contributed by atoms with Crippen molar-refractivity contribution < 1.29 is 9.59 Å². The number of fused-ring (bicyclic) bond motifs is 1.